The van der Waals surface area contributed by atoms with Crippen molar-refractivity contribution >= 4 is 50.2 Å². The van der Waals surface area contributed by atoms with Crippen LogP contribution in [-0.2, 0) is 14.8 Å². The Bertz CT molecular complexity index is 754. The van der Waals surface area contributed by atoms with Crippen LogP contribution in [0.25, 0.3) is 0 Å². The molecule has 0 fully saturated rings. The van der Waals surface area contributed by atoms with E-state index in [4.69, 9.17) is 11.6 Å². The Labute approximate surface area is 132 Å². The molecule has 0 aliphatic heterocycles. The first-order valence-electron chi connectivity index (χ1n) is 5.92. The van der Waals surface area contributed by atoms with Crippen LogP contribution >= 0.6 is 22.9 Å². The fourth-order valence-corrected chi connectivity index (χ4v) is 4.52. The first-order chi connectivity index (χ1) is 9.80. The van der Waals surface area contributed by atoms with E-state index >= 15 is 0 Å². The summed E-state index contributed by atoms with van der Waals surface area (Å²) in [7, 11) is -2.16. The van der Waals surface area contributed by atoms with E-state index in [1.54, 1.807) is 30.3 Å². The van der Waals surface area contributed by atoms with Crippen molar-refractivity contribution < 1.29 is 13.2 Å². The van der Waals surface area contributed by atoms with Crippen LogP contribution in [0.2, 0.25) is 4.34 Å². The molecule has 1 N–H and O–H groups in total. The Balaban J connectivity index is 2.27. The van der Waals surface area contributed by atoms with E-state index in [0.717, 1.165) is 11.3 Å². The van der Waals surface area contributed by atoms with Crippen molar-refractivity contribution in [1.82, 2.24) is 0 Å². The van der Waals surface area contributed by atoms with Crippen LogP contribution in [0, 0.1) is 0 Å². The fourth-order valence-electron chi connectivity index (χ4n) is 1.67. The van der Waals surface area contributed by atoms with Crippen molar-refractivity contribution in [3.05, 3.63) is 40.7 Å². The molecular weight excluding hydrogens is 332 g/mol. The van der Waals surface area contributed by atoms with Gasteiger partial charge in [-0.1, -0.05) is 11.6 Å². The number of hydrogen-bond donors (Lipinski definition) is 1. The minimum absolute atomic E-state index is 0.181. The number of sulfonamides is 1. The lowest BCUT2D eigenvalue weighted by Crippen LogP contribution is -2.25. The Kier molecular flexibility index (Phi) is 4.55. The van der Waals surface area contributed by atoms with Gasteiger partial charge in [0.05, 0.1) is 10.0 Å². The first-order valence-corrected chi connectivity index (χ1v) is 8.56. The molecule has 1 aromatic carbocycles. The average molecular weight is 345 g/mol. The number of hydrogen-bond acceptors (Lipinski definition) is 4. The number of halogens is 1. The molecule has 1 amide bonds. The van der Waals surface area contributed by atoms with Gasteiger partial charge in [-0.3, -0.25) is 9.10 Å². The van der Waals surface area contributed by atoms with Gasteiger partial charge in [-0.15, -0.1) is 11.3 Å². The molecular formula is C13H13ClN2O3S2. The van der Waals surface area contributed by atoms with Crippen molar-refractivity contribution in [3.8, 4) is 0 Å². The molecule has 0 aliphatic carbocycles. The third kappa shape index (κ3) is 3.55. The number of benzene rings is 1. The van der Waals surface area contributed by atoms with Crippen molar-refractivity contribution in [2.45, 2.75) is 11.1 Å². The highest BCUT2D eigenvalue weighted by molar-refractivity contribution is 7.94. The van der Waals surface area contributed by atoms with Gasteiger partial charge in [0.2, 0.25) is 5.91 Å². The number of anilines is 2. The average Bonchev–Trinajstić information content (AvgIpc) is 2.85. The zero-order chi connectivity index (χ0) is 15.6. The smallest absolute Gasteiger partial charge is 0.273 e. The lowest BCUT2D eigenvalue weighted by molar-refractivity contribution is -0.114. The molecule has 21 heavy (non-hydrogen) atoms. The zero-order valence-electron chi connectivity index (χ0n) is 11.3. The molecule has 0 bridgehead atoms. The van der Waals surface area contributed by atoms with Crippen LogP contribution in [-0.4, -0.2) is 21.4 Å². The summed E-state index contributed by atoms with van der Waals surface area (Å²) < 4.78 is 26.6. The molecule has 1 heterocycles. The van der Waals surface area contributed by atoms with E-state index < -0.39 is 10.0 Å². The molecule has 8 heteroatoms. The SMILES string of the molecule is CC(=O)Nc1ccc(N(C)S(=O)(=O)c2ccc(Cl)s2)cc1. The Morgan fingerprint density at radius 1 is 1.19 bits per heavy atom. The summed E-state index contributed by atoms with van der Waals surface area (Å²) in [5, 5.41) is 2.62. The number of nitrogens with zero attached hydrogens (tertiary/aromatic N) is 1. The maximum absolute atomic E-state index is 12.4. The van der Waals surface area contributed by atoms with E-state index in [1.807, 2.05) is 0 Å². The molecule has 2 aromatic rings. The van der Waals surface area contributed by atoms with Gasteiger partial charge < -0.3 is 5.32 Å². The van der Waals surface area contributed by atoms with E-state index in [2.05, 4.69) is 5.32 Å². The third-order valence-electron chi connectivity index (χ3n) is 2.71. The van der Waals surface area contributed by atoms with Gasteiger partial charge in [-0.25, -0.2) is 8.42 Å². The molecule has 112 valence electrons. The fraction of sp³-hybridized carbons (Fsp3) is 0.154. The van der Waals surface area contributed by atoms with Crippen LogP contribution < -0.4 is 9.62 Å². The maximum atomic E-state index is 12.4. The predicted octanol–water partition coefficient (Wildman–Crippen LogP) is 3.19. The molecule has 0 saturated carbocycles. The minimum atomic E-state index is -3.63. The monoisotopic (exact) mass is 344 g/mol. The van der Waals surface area contributed by atoms with E-state index in [0.29, 0.717) is 15.7 Å². The van der Waals surface area contributed by atoms with Gasteiger partial charge in [0.15, 0.2) is 0 Å². The summed E-state index contributed by atoms with van der Waals surface area (Å²) in [6.07, 6.45) is 0. The van der Waals surface area contributed by atoms with Gasteiger partial charge >= 0.3 is 0 Å². The van der Waals surface area contributed by atoms with Crippen LogP contribution in [0.3, 0.4) is 0 Å². The zero-order valence-corrected chi connectivity index (χ0v) is 13.7. The highest BCUT2D eigenvalue weighted by atomic mass is 35.5. The molecule has 2 rings (SSSR count). The van der Waals surface area contributed by atoms with Gasteiger partial charge in [-0.2, -0.15) is 0 Å². The van der Waals surface area contributed by atoms with E-state index in [1.165, 1.54) is 24.3 Å². The summed E-state index contributed by atoms with van der Waals surface area (Å²) >= 11 is 6.79. The molecule has 0 aliphatic rings. The first kappa shape index (κ1) is 15.8. The second kappa shape index (κ2) is 6.05. The second-order valence-electron chi connectivity index (χ2n) is 4.26. The standard InChI is InChI=1S/C13H13ClN2O3S2/c1-9(17)15-10-3-5-11(6-4-10)16(2)21(18,19)13-8-7-12(14)20-13/h3-8H,1-2H3,(H,15,17). The van der Waals surface area contributed by atoms with Crippen molar-refractivity contribution in [2.24, 2.45) is 0 Å². The normalized spacial score (nSPS) is 11.2. The molecule has 0 unspecified atom stereocenters. The summed E-state index contributed by atoms with van der Waals surface area (Å²) in [5.41, 5.74) is 1.10. The minimum Gasteiger partial charge on any atom is -0.326 e. The number of thiophene rings is 1. The maximum Gasteiger partial charge on any atom is 0.273 e. The molecule has 0 radical (unpaired) electrons. The number of amides is 1. The second-order valence-corrected chi connectivity index (χ2v) is 8.17. The number of nitrogens with one attached hydrogen (secondary N) is 1. The molecule has 5 nitrogen and oxygen atoms in total. The van der Waals surface area contributed by atoms with Crippen LogP contribution in [0.15, 0.2) is 40.6 Å². The number of carbonyl (C=O) groups is 1. The van der Waals surface area contributed by atoms with Crippen molar-refractivity contribution in [3.63, 3.8) is 0 Å². The van der Waals surface area contributed by atoms with Crippen LogP contribution in [0.4, 0.5) is 11.4 Å². The highest BCUT2D eigenvalue weighted by Crippen LogP contribution is 2.30. The van der Waals surface area contributed by atoms with Crippen LogP contribution in [0.5, 0.6) is 0 Å². The van der Waals surface area contributed by atoms with Crippen molar-refractivity contribution in [1.29, 1.82) is 0 Å². The predicted molar refractivity (Wildman–Crippen MR) is 85.7 cm³/mol. The largest absolute Gasteiger partial charge is 0.326 e. The molecule has 0 atom stereocenters. The topological polar surface area (TPSA) is 66.5 Å². The van der Waals surface area contributed by atoms with Crippen molar-refractivity contribution in [2.75, 3.05) is 16.7 Å². The molecule has 0 saturated heterocycles. The van der Waals surface area contributed by atoms with Gasteiger partial charge in [0.25, 0.3) is 10.0 Å². The van der Waals surface area contributed by atoms with E-state index in [9.17, 15) is 13.2 Å². The van der Waals surface area contributed by atoms with Gasteiger partial charge in [0, 0.05) is 19.7 Å². The van der Waals surface area contributed by atoms with E-state index in [-0.39, 0.29) is 10.1 Å². The summed E-state index contributed by atoms with van der Waals surface area (Å²) in [5.74, 6) is -0.183. The summed E-state index contributed by atoms with van der Waals surface area (Å²) in [6.45, 7) is 1.41. The molecule has 0 spiro atoms. The number of carbonyl (C=O) groups excluding carboxylic acids is 1. The molecule has 1 aromatic heterocycles. The van der Waals surface area contributed by atoms with Crippen LogP contribution in [0.1, 0.15) is 6.92 Å². The quantitative estimate of drug-likeness (QED) is 0.926. The lowest BCUT2D eigenvalue weighted by atomic mass is 10.3. The lowest BCUT2D eigenvalue weighted by Gasteiger charge is -2.18. The Morgan fingerprint density at radius 2 is 1.81 bits per heavy atom. The Hall–Kier alpha value is -1.57. The van der Waals surface area contributed by atoms with Gasteiger partial charge in [0.1, 0.15) is 4.21 Å². The van der Waals surface area contributed by atoms with Gasteiger partial charge in [-0.05, 0) is 36.4 Å². The summed E-state index contributed by atoms with van der Waals surface area (Å²) in [4.78, 5) is 11.0. The highest BCUT2D eigenvalue weighted by Gasteiger charge is 2.23. The summed E-state index contributed by atoms with van der Waals surface area (Å²) in [6, 6.07) is 9.56. The third-order valence-corrected chi connectivity index (χ3v) is 6.20. The number of rotatable bonds is 4. The Morgan fingerprint density at radius 3 is 2.29 bits per heavy atom.